The normalized spacial score (nSPS) is 14.0. The van der Waals surface area contributed by atoms with Crippen LogP contribution in [0.4, 0.5) is 5.95 Å². The van der Waals surface area contributed by atoms with E-state index in [1.54, 1.807) is 6.20 Å². The number of rotatable bonds is 6. The smallest absolute Gasteiger partial charge is 0.253 e. The van der Waals surface area contributed by atoms with Crippen LogP contribution in [0.5, 0.6) is 0 Å². The van der Waals surface area contributed by atoms with Gasteiger partial charge in [0.25, 0.3) is 5.56 Å². The Morgan fingerprint density at radius 1 is 1.30 bits per heavy atom. The van der Waals surface area contributed by atoms with Gasteiger partial charge in [0.05, 0.1) is 11.9 Å². The lowest BCUT2D eigenvalue weighted by Crippen LogP contribution is -2.29. The first-order valence-electron chi connectivity index (χ1n) is 9.37. The lowest BCUT2D eigenvalue weighted by Gasteiger charge is -2.23. The van der Waals surface area contributed by atoms with E-state index in [9.17, 15) is 13.2 Å². The largest absolute Gasteiger partial charge is 0.312 e. The summed E-state index contributed by atoms with van der Waals surface area (Å²) in [6.07, 6.45) is 8.44. The molecular weight excluding hydrogens is 364 g/mol. The van der Waals surface area contributed by atoms with E-state index in [0.717, 1.165) is 67.3 Å². The Hall–Kier alpha value is -2.22. The molecule has 1 N–H and O–H groups in total. The van der Waals surface area contributed by atoms with Gasteiger partial charge in [-0.15, -0.1) is 0 Å². The highest BCUT2D eigenvalue weighted by Crippen LogP contribution is 2.30. The van der Waals surface area contributed by atoms with E-state index in [1.807, 2.05) is 17.6 Å². The van der Waals surface area contributed by atoms with Crippen molar-refractivity contribution in [3.05, 3.63) is 39.4 Å². The summed E-state index contributed by atoms with van der Waals surface area (Å²) in [7, 11) is -3.47. The molecule has 0 saturated carbocycles. The molecule has 0 unspecified atom stereocenters. The van der Waals surface area contributed by atoms with Gasteiger partial charge in [0.15, 0.2) is 0 Å². The minimum absolute atomic E-state index is 0.0482. The Labute approximate surface area is 159 Å². The third-order valence-corrected chi connectivity index (χ3v) is 5.37. The Morgan fingerprint density at radius 3 is 2.78 bits per heavy atom. The molecule has 27 heavy (non-hydrogen) atoms. The van der Waals surface area contributed by atoms with Crippen LogP contribution in [0, 0.1) is 6.92 Å². The molecule has 0 amide bonds. The van der Waals surface area contributed by atoms with Crippen LogP contribution in [-0.2, 0) is 29.4 Å². The standard InChI is InChI=1S/C19H26N4O3S/c1-4-5-8-14-12-20-19(22-27(3,25)26)21-17(14)15-11-13(2)18(24)23-10-7-6-9-16(15)23/h11-12H,4-10H2,1-3H3,(H,20,21,22). The molecule has 0 radical (unpaired) electrons. The number of anilines is 1. The zero-order valence-corrected chi connectivity index (χ0v) is 16.9. The lowest BCUT2D eigenvalue weighted by molar-refractivity contribution is 0.512. The van der Waals surface area contributed by atoms with Gasteiger partial charge in [0, 0.05) is 29.6 Å². The molecule has 3 heterocycles. The van der Waals surface area contributed by atoms with Crippen LogP contribution in [0.3, 0.4) is 0 Å². The molecule has 0 spiro atoms. The number of aryl methyl sites for hydroxylation is 2. The summed E-state index contributed by atoms with van der Waals surface area (Å²) in [6.45, 7) is 4.65. The van der Waals surface area contributed by atoms with Gasteiger partial charge < -0.3 is 4.57 Å². The minimum atomic E-state index is -3.47. The van der Waals surface area contributed by atoms with E-state index in [1.165, 1.54) is 0 Å². The molecule has 8 heteroatoms. The van der Waals surface area contributed by atoms with Gasteiger partial charge in [-0.25, -0.2) is 18.4 Å². The van der Waals surface area contributed by atoms with Crippen LogP contribution >= 0.6 is 0 Å². The maximum atomic E-state index is 12.5. The van der Waals surface area contributed by atoms with Crippen molar-refractivity contribution in [1.82, 2.24) is 14.5 Å². The number of hydrogen-bond acceptors (Lipinski definition) is 5. The highest BCUT2D eigenvalue weighted by molar-refractivity contribution is 7.91. The van der Waals surface area contributed by atoms with Crippen molar-refractivity contribution in [3.8, 4) is 11.3 Å². The fourth-order valence-electron chi connectivity index (χ4n) is 3.52. The third-order valence-electron chi connectivity index (χ3n) is 4.82. The van der Waals surface area contributed by atoms with Gasteiger partial charge in [-0.1, -0.05) is 13.3 Å². The second-order valence-electron chi connectivity index (χ2n) is 7.15. The molecular formula is C19H26N4O3S. The average Bonchev–Trinajstić information content (AvgIpc) is 2.62. The zero-order chi connectivity index (χ0) is 19.6. The fourth-order valence-corrected chi connectivity index (χ4v) is 3.95. The topological polar surface area (TPSA) is 94.0 Å². The van der Waals surface area contributed by atoms with Gasteiger partial charge in [-0.05, 0) is 50.7 Å². The van der Waals surface area contributed by atoms with E-state index >= 15 is 0 Å². The number of aromatic nitrogens is 3. The number of nitrogens with zero attached hydrogens (tertiary/aromatic N) is 3. The van der Waals surface area contributed by atoms with Crippen LogP contribution < -0.4 is 10.3 Å². The number of sulfonamides is 1. The molecule has 2 aromatic heterocycles. The van der Waals surface area contributed by atoms with Crippen molar-refractivity contribution >= 4 is 16.0 Å². The van der Waals surface area contributed by atoms with E-state index in [0.29, 0.717) is 12.1 Å². The highest BCUT2D eigenvalue weighted by atomic mass is 32.2. The number of fused-ring (bicyclic) bond motifs is 1. The average molecular weight is 391 g/mol. The maximum absolute atomic E-state index is 12.5. The van der Waals surface area contributed by atoms with Gasteiger partial charge in [0.2, 0.25) is 16.0 Å². The van der Waals surface area contributed by atoms with Crippen molar-refractivity contribution in [1.29, 1.82) is 0 Å². The maximum Gasteiger partial charge on any atom is 0.253 e. The summed E-state index contributed by atoms with van der Waals surface area (Å²) < 4.78 is 27.4. The summed E-state index contributed by atoms with van der Waals surface area (Å²) >= 11 is 0. The number of pyridine rings is 1. The highest BCUT2D eigenvalue weighted by Gasteiger charge is 2.21. The Balaban J connectivity index is 2.20. The minimum Gasteiger partial charge on any atom is -0.312 e. The van der Waals surface area contributed by atoms with Crippen LogP contribution in [0.1, 0.15) is 49.4 Å². The Morgan fingerprint density at radius 2 is 2.07 bits per heavy atom. The molecule has 0 atom stereocenters. The summed E-state index contributed by atoms with van der Waals surface area (Å²) in [5.74, 6) is 0.0613. The Bertz CT molecular complexity index is 1010. The Kier molecular flexibility index (Phi) is 5.64. The van der Waals surface area contributed by atoms with Crippen molar-refractivity contribution in [3.63, 3.8) is 0 Å². The second-order valence-corrected chi connectivity index (χ2v) is 8.90. The quantitative estimate of drug-likeness (QED) is 0.818. The first kappa shape index (κ1) is 19.5. The summed E-state index contributed by atoms with van der Waals surface area (Å²) in [5, 5.41) is 0. The van der Waals surface area contributed by atoms with E-state index in [-0.39, 0.29) is 11.5 Å². The van der Waals surface area contributed by atoms with Crippen LogP contribution in [0.15, 0.2) is 17.1 Å². The van der Waals surface area contributed by atoms with Crippen molar-refractivity contribution in [2.24, 2.45) is 0 Å². The molecule has 1 aliphatic heterocycles. The first-order valence-corrected chi connectivity index (χ1v) is 11.3. The molecule has 0 bridgehead atoms. The van der Waals surface area contributed by atoms with Crippen molar-refractivity contribution < 1.29 is 8.42 Å². The molecule has 2 aromatic rings. The van der Waals surface area contributed by atoms with Gasteiger partial charge >= 0.3 is 0 Å². The SMILES string of the molecule is CCCCc1cnc(NS(C)(=O)=O)nc1-c1cc(C)c(=O)n2c1CCCC2. The van der Waals surface area contributed by atoms with Gasteiger partial charge in [0.1, 0.15) is 0 Å². The molecule has 0 fully saturated rings. The molecule has 1 aliphatic rings. The monoisotopic (exact) mass is 390 g/mol. The van der Waals surface area contributed by atoms with Gasteiger partial charge in [-0.2, -0.15) is 0 Å². The zero-order valence-electron chi connectivity index (χ0n) is 16.1. The summed E-state index contributed by atoms with van der Waals surface area (Å²) in [6, 6.07) is 1.89. The predicted molar refractivity (Wildman–Crippen MR) is 106 cm³/mol. The number of hydrogen-bond donors (Lipinski definition) is 1. The van der Waals surface area contributed by atoms with Crippen LogP contribution in [-0.4, -0.2) is 29.2 Å². The molecule has 0 saturated heterocycles. The summed E-state index contributed by atoms with van der Waals surface area (Å²) in [4.78, 5) is 21.3. The van der Waals surface area contributed by atoms with E-state index < -0.39 is 10.0 Å². The van der Waals surface area contributed by atoms with E-state index in [2.05, 4.69) is 21.6 Å². The molecule has 0 aliphatic carbocycles. The third kappa shape index (κ3) is 4.37. The van der Waals surface area contributed by atoms with Crippen molar-refractivity contribution in [2.75, 3.05) is 11.0 Å². The van der Waals surface area contributed by atoms with Gasteiger partial charge in [-0.3, -0.25) is 9.52 Å². The van der Waals surface area contributed by atoms with Crippen molar-refractivity contribution in [2.45, 2.75) is 58.9 Å². The molecule has 0 aromatic carbocycles. The molecule has 7 nitrogen and oxygen atoms in total. The van der Waals surface area contributed by atoms with E-state index in [4.69, 9.17) is 0 Å². The van der Waals surface area contributed by atoms with Crippen LogP contribution in [0.25, 0.3) is 11.3 Å². The number of nitrogens with one attached hydrogen (secondary N) is 1. The summed E-state index contributed by atoms with van der Waals surface area (Å²) in [5.41, 5.74) is 4.32. The lowest BCUT2D eigenvalue weighted by atomic mass is 9.96. The van der Waals surface area contributed by atoms with Crippen LogP contribution in [0.2, 0.25) is 0 Å². The first-order chi connectivity index (χ1) is 12.8. The molecule has 3 rings (SSSR count). The second kappa shape index (κ2) is 7.80. The fraction of sp³-hybridized carbons (Fsp3) is 0.526. The number of unbranched alkanes of at least 4 members (excludes halogenated alkanes) is 1. The predicted octanol–water partition coefficient (Wildman–Crippen LogP) is 2.66. The molecule has 146 valence electrons.